The van der Waals surface area contributed by atoms with E-state index < -0.39 is 17.7 Å². The predicted molar refractivity (Wildman–Crippen MR) is 68.5 cm³/mol. The summed E-state index contributed by atoms with van der Waals surface area (Å²) in [5.74, 6) is -2.43. The van der Waals surface area contributed by atoms with E-state index in [-0.39, 0.29) is 16.4 Å². The Morgan fingerprint density at radius 3 is 2.26 bits per heavy atom. The minimum atomic E-state index is -1.03. The molecule has 0 radical (unpaired) electrons. The average Bonchev–Trinajstić information content (AvgIpc) is 2.33. The minimum Gasteiger partial charge on any atom is -0.320 e. The minimum absolute atomic E-state index is 0.0372. The molecule has 0 bridgehead atoms. The number of nitrogens with two attached hydrogens (primary N) is 1. The van der Waals surface area contributed by atoms with Crippen LogP contribution < -0.4 is 5.73 Å². The molecule has 2 aromatic carbocycles. The number of rotatable bonds is 2. The van der Waals surface area contributed by atoms with Crippen LogP contribution in [0.25, 0.3) is 0 Å². The molecule has 0 fully saturated rings. The molecule has 1 unspecified atom stereocenters. The van der Waals surface area contributed by atoms with Crippen molar-refractivity contribution >= 4 is 11.6 Å². The van der Waals surface area contributed by atoms with Gasteiger partial charge in [0, 0.05) is 5.02 Å². The molecular formula is C14H11ClF3N. The molecule has 0 heterocycles. The summed E-state index contributed by atoms with van der Waals surface area (Å²) in [6.45, 7) is 1.69. The molecule has 0 aliphatic carbocycles. The van der Waals surface area contributed by atoms with Gasteiger partial charge in [-0.1, -0.05) is 17.7 Å². The summed E-state index contributed by atoms with van der Waals surface area (Å²) in [5.41, 5.74) is 7.48. The zero-order chi connectivity index (χ0) is 14.2. The van der Waals surface area contributed by atoms with Crippen LogP contribution in [0.3, 0.4) is 0 Å². The van der Waals surface area contributed by atoms with E-state index in [1.165, 1.54) is 18.2 Å². The Morgan fingerprint density at radius 2 is 1.63 bits per heavy atom. The van der Waals surface area contributed by atoms with Gasteiger partial charge in [0.1, 0.15) is 5.82 Å². The SMILES string of the molecule is Cc1cc(F)ccc1C(N)c1cc(F)c(F)cc1Cl. The molecule has 0 aliphatic heterocycles. The zero-order valence-electron chi connectivity index (χ0n) is 10.1. The second kappa shape index (κ2) is 5.23. The summed E-state index contributed by atoms with van der Waals surface area (Å²) in [5, 5.41) is 0.0372. The highest BCUT2D eigenvalue weighted by molar-refractivity contribution is 6.31. The molecule has 5 heteroatoms. The van der Waals surface area contributed by atoms with Crippen molar-refractivity contribution in [3.63, 3.8) is 0 Å². The van der Waals surface area contributed by atoms with Crippen molar-refractivity contribution in [2.24, 2.45) is 5.73 Å². The fraction of sp³-hybridized carbons (Fsp3) is 0.143. The van der Waals surface area contributed by atoms with E-state index in [2.05, 4.69) is 0 Å². The van der Waals surface area contributed by atoms with E-state index in [0.717, 1.165) is 12.1 Å². The molecule has 0 aromatic heterocycles. The fourth-order valence-corrected chi connectivity index (χ4v) is 2.20. The standard InChI is InChI=1S/C14H11ClF3N/c1-7-4-8(16)2-3-9(7)14(19)10-5-12(17)13(18)6-11(10)15/h2-6,14H,19H2,1H3. The molecule has 0 amide bonds. The van der Waals surface area contributed by atoms with Gasteiger partial charge in [0.05, 0.1) is 6.04 Å². The van der Waals surface area contributed by atoms with Crippen LogP contribution in [0.5, 0.6) is 0 Å². The molecule has 19 heavy (non-hydrogen) atoms. The van der Waals surface area contributed by atoms with Crippen molar-refractivity contribution in [2.45, 2.75) is 13.0 Å². The Hall–Kier alpha value is -1.52. The zero-order valence-corrected chi connectivity index (χ0v) is 10.8. The fourth-order valence-electron chi connectivity index (χ4n) is 1.93. The normalized spacial score (nSPS) is 12.5. The lowest BCUT2D eigenvalue weighted by Gasteiger charge is -2.17. The molecule has 1 atom stereocenters. The molecule has 100 valence electrons. The number of benzene rings is 2. The van der Waals surface area contributed by atoms with E-state index in [1.807, 2.05) is 0 Å². The summed E-state index contributed by atoms with van der Waals surface area (Å²) in [6, 6.07) is 5.19. The molecule has 1 nitrogen and oxygen atoms in total. The lowest BCUT2D eigenvalue weighted by Crippen LogP contribution is -2.14. The number of halogens is 4. The monoisotopic (exact) mass is 285 g/mol. The van der Waals surface area contributed by atoms with Crippen molar-refractivity contribution in [3.05, 3.63) is 69.5 Å². The first-order valence-electron chi connectivity index (χ1n) is 5.56. The molecule has 2 aromatic rings. The highest BCUT2D eigenvalue weighted by Gasteiger charge is 2.17. The van der Waals surface area contributed by atoms with Gasteiger partial charge in [0.2, 0.25) is 0 Å². The number of aryl methyl sites for hydroxylation is 1. The van der Waals surface area contributed by atoms with E-state index in [4.69, 9.17) is 17.3 Å². The summed E-state index contributed by atoms with van der Waals surface area (Å²) < 4.78 is 39.3. The summed E-state index contributed by atoms with van der Waals surface area (Å²) >= 11 is 5.87. The third kappa shape index (κ3) is 2.74. The first-order chi connectivity index (χ1) is 8.90. The number of hydrogen-bond acceptors (Lipinski definition) is 1. The highest BCUT2D eigenvalue weighted by atomic mass is 35.5. The molecule has 2 rings (SSSR count). The van der Waals surface area contributed by atoms with Crippen molar-refractivity contribution in [2.75, 3.05) is 0 Å². The van der Waals surface area contributed by atoms with Crippen LogP contribution >= 0.6 is 11.6 Å². The van der Waals surface area contributed by atoms with Crippen molar-refractivity contribution in [3.8, 4) is 0 Å². The Labute approximate surface area is 113 Å². The van der Waals surface area contributed by atoms with Gasteiger partial charge in [0.25, 0.3) is 0 Å². The maximum absolute atomic E-state index is 13.3. The van der Waals surface area contributed by atoms with Crippen LogP contribution in [0.4, 0.5) is 13.2 Å². The molecule has 0 saturated carbocycles. The van der Waals surface area contributed by atoms with E-state index in [1.54, 1.807) is 6.92 Å². The summed E-state index contributed by atoms with van der Waals surface area (Å²) in [6.07, 6.45) is 0. The van der Waals surface area contributed by atoms with Crippen molar-refractivity contribution < 1.29 is 13.2 Å². The summed E-state index contributed by atoms with van der Waals surface area (Å²) in [4.78, 5) is 0. The first kappa shape index (κ1) is 13.9. The second-order valence-electron chi connectivity index (χ2n) is 4.27. The van der Waals surface area contributed by atoms with Crippen LogP contribution in [0.2, 0.25) is 5.02 Å². The van der Waals surface area contributed by atoms with Gasteiger partial charge in [-0.2, -0.15) is 0 Å². The van der Waals surface area contributed by atoms with E-state index in [9.17, 15) is 13.2 Å². The van der Waals surface area contributed by atoms with Crippen LogP contribution in [-0.2, 0) is 0 Å². The number of hydrogen-bond donors (Lipinski definition) is 1. The average molecular weight is 286 g/mol. The topological polar surface area (TPSA) is 26.0 Å². The maximum atomic E-state index is 13.3. The Kier molecular flexibility index (Phi) is 3.83. The quantitative estimate of drug-likeness (QED) is 0.826. The van der Waals surface area contributed by atoms with Crippen molar-refractivity contribution in [1.29, 1.82) is 0 Å². The van der Waals surface area contributed by atoms with Crippen LogP contribution in [-0.4, -0.2) is 0 Å². The Balaban J connectivity index is 2.49. The first-order valence-corrected chi connectivity index (χ1v) is 5.94. The largest absolute Gasteiger partial charge is 0.320 e. The summed E-state index contributed by atoms with van der Waals surface area (Å²) in [7, 11) is 0. The second-order valence-corrected chi connectivity index (χ2v) is 4.67. The third-order valence-electron chi connectivity index (χ3n) is 2.94. The van der Waals surface area contributed by atoms with Crippen molar-refractivity contribution in [1.82, 2.24) is 0 Å². The molecular weight excluding hydrogens is 275 g/mol. The van der Waals surface area contributed by atoms with Gasteiger partial charge >= 0.3 is 0 Å². The molecule has 0 spiro atoms. The van der Waals surface area contributed by atoms with Crippen LogP contribution in [0.15, 0.2) is 30.3 Å². The van der Waals surface area contributed by atoms with Crippen LogP contribution in [0.1, 0.15) is 22.7 Å². The van der Waals surface area contributed by atoms with Gasteiger partial charge in [-0.15, -0.1) is 0 Å². The van der Waals surface area contributed by atoms with E-state index in [0.29, 0.717) is 11.1 Å². The van der Waals surface area contributed by atoms with Gasteiger partial charge in [-0.05, 0) is 47.9 Å². The lowest BCUT2D eigenvalue weighted by atomic mass is 9.95. The highest BCUT2D eigenvalue weighted by Crippen LogP contribution is 2.30. The predicted octanol–water partition coefficient (Wildman–Crippen LogP) is 4.11. The maximum Gasteiger partial charge on any atom is 0.160 e. The third-order valence-corrected chi connectivity index (χ3v) is 3.27. The smallest absolute Gasteiger partial charge is 0.160 e. The van der Waals surface area contributed by atoms with Gasteiger partial charge in [-0.3, -0.25) is 0 Å². The van der Waals surface area contributed by atoms with Gasteiger partial charge < -0.3 is 5.73 Å². The van der Waals surface area contributed by atoms with Crippen LogP contribution in [0, 0.1) is 24.4 Å². The Bertz CT molecular complexity index is 628. The van der Waals surface area contributed by atoms with E-state index >= 15 is 0 Å². The lowest BCUT2D eigenvalue weighted by molar-refractivity contribution is 0.506. The van der Waals surface area contributed by atoms with Gasteiger partial charge in [0.15, 0.2) is 11.6 Å². The molecule has 0 saturated heterocycles. The van der Waals surface area contributed by atoms with Gasteiger partial charge in [-0.25, -0.2) is 13.2 Å². The molecule has 0 aliphatic rings. The Morgan fingerprint density at radius 1 is 1.00 bits per heavy atom. The molecule has 2 N–H and O–H groups in total.